The van der Waals surface area contributed by atoms with Crippen molar-refractivity contribution in [3.63, 3.8) is 0 Å². The Hall–Kier alpha value is -3.80. The third kappa shape index (κ3) is 3.40. The molecule has 1 saturated heterocycles. The SMILES string of the molecule is CC(C(=O)Nc1cc(F)cc(F)c1)C(=O)N1C[C@]2(C[C@H]1C#N)C(=O)Nc1ccccc12. The number of carbonyl (C=O) groups excluding carboxylic acids is 3. The Morgan fingerprint density at radius 3 is 2.61 bits per heavy atom. The molecule has 2 aromatic rings. The minimum atomic E-state index is -1.24. The lowest BCUT2D eigenvalue weighted by molar-refractivity contribution is -0.139. The molecule has 2 aliphatic rings. The highest BCUT2D eigenvalue weighted by Crippen LogP contribution is 2.46. The van der Waals surface area contributed by atoms with E-state index in [0.717, 1.165) is 12.1 Å². The molecule has 31 heavy (non-hydrogen) atoms. The van der Waals surface area contributed by atoms with Gasteiger partial charge in [-0.2, -0.15) is 5.26 Å². The number of rotatable bonds is 3. The smallest absolute Gasteiger partial charge is 0.237 e. The predicted molar refractivity (Wildman–Crippen MR) is 107 cm³/mol. The van der Waals surface area contributed by atoms with Gasteiger partial charge in [0.05, 0.1) is 11.5 Å². The first-order valence-electron chi connectivity index (χ1n) is 9.63. The molecule has 1 fully saturated rings. The van der Waals surface area contributed by atoms with Crippen LogP contribution in [-0.4, -0.2) is 35.2 Å². The maximum Gasteiger partial charge on any atom is 0.237 e. The molecular weight excluding hydrogens is 406 g/mol. The van der Waals surface area contributed by atoms with E-state index in [1.54, 1.807) is 24.3 Å². The summed E-state index contributed by atoms with van der Waals surface area (Å²) in [5.41, 5.74) is 0.162. The fourth-order valence-corrected chi connectivity index (χ4v) is 4.22. The van der Waals surface area contributed by atoms with Crippen molar-refractivity contribution >= 4 is 29.1 Å². The number of carbonyl (C=O) groups is 3. The number of halogens is 2. The van der Waals surface area contributed by atoms with Gasteiger partial charge in [0.15, 0.2) is 0 Å². The number of benzene rings is 2. The molecule has 7 nitrogen and oxygen atoms in total. The highest BCUT2D eigenvalue weighted by molar-refractivity contribution is 6.09. The van der Waals surface area contributed by atoms with Crippen LogP contribution in [0.5, 0.6) is 0 Å². The second-order valence-corrected chi connectivity index (χ2v) is 7.77. The minimum absolute atomic E-state index is 0.0425. The Kier molecular flexibility index (Phi) is 4.93. The number of anilines is 2. The zero-order chi connectivity index (χ0) is 22.3. The van der Waals surface area contributed by atoms with E-state index in [2.05, 4.69) is 16.7 Å². The molecule has 2 aromatic carbocycles. The van der Waals surface area contributed by atoms with E-state index in [9.17, 15) is 28.4 Å². The minimum Gasteiger partial charge on any atom is -0.325 e. The van der Waals surface area contributed by atoms with Gasteiger partial charge < -0.3 is 15.5 Å². The molecule has 2 N–H and O–H groups in total. The summed E-state index contributed by atoms with van der Waals surface area (Å²) in [6, 6.07) is 10.8. The summed E-state index contributed by atoms with van der Waals surface area (Å²) in [4.78, 5) is 39.6. The van der Waals surface area contributed by atoms with E-state index in [4.69, 9.17) is 0 Å². The predicted octanol–water partition coefficient (Wildman–Crippen LogP) is 2.55. The summed E-state index contributed by atoms with van der Waals surface area (Å²) in [7, 11) is 0. The molecule has 9 heteroatoms. The van der Waals surface area contributed by atoms with Crippen LogP contribution in [0.15, 0.2) is 42.5 Å². The van der Waals surface area contributed by atoms with Gasteiger partial charge >= 0.3 is 0 Å². The summed E-state index contributed by atoms with van der Waals surface area (Å²) in [5.74, 6) is -4.69. The first kappa shape index (κ1) is 20.5. The number of para-hydroxylation sites is 1. The molecule has 1 spiro atoms. The molecule has 2 aliphatic heterocycles. The van der Waals surface area contributed by atoms with Crippen LogP contribution in [0.4, 0.5) is 20.2 Å². The number of nitrogens with zero attached hydrogens (tertiary/aromatic N) is 2. The van der Waals surface area contributed by atoms with Crippen LogP contribution in [0, 0.1) is 28.9 Å². The van der Waals surface area contributed by atoms with Gasteiger partial charge in [0.2, 0.25) is 17.7 Å². The average molecular weight is 424 g/mol. The van der Waals surface area contributed by atoms with E-state index in [0.29, 0.717) is 17.3 Å². The lowest BCUT2D eigenvalue weighted by Crippen LogP contribution is -2.44. The molecule has 0 aliphatic carbocycles. The Bertz CT molecular complexity index is 1130. The lowest BCUT2D eigenvalue weighted by atomic mass is 9.80. The van der Waals surface area contributed by atoms with E-state index < -0.39 is 40.8 Å². The Balaban J connectivity index is 1.56. The Morgan fingerprint density at radius 2 is 1.94 bits per heavy atom. The monoisotopic (exact) mass is 424 g/mol. The number of nitrogens with one attached hydrogen (secondary N) is 2. The lowest BCUT2D eigenvalue weighted by Gasteiger charge is -2.25. The molecule has 0 radical (unpaired) electrons. The molecule has 1 unspecified atom stereocenters. The van der Waals surface area contributed by atoms with Gasteiger partial charge in [0.1, 0.15) is 23.6 Å². The second-order valence-electron chi connectivity index (χ2n) is 7.77. The van der Waals surface area contributed by atoms with E-state index in [-0.39, 0.29) is 24.6 Å². The maximum absolute atomic E-state index is 13.4. The Labute approximate surface area is 176 Å². The third-order valence-electron chi connectivity index (χ3n) is 5.81. The largest absolute Gasteiger partial charge is 0.325 e. The number of hydrogen-bond acceptors (Lipinski definition) is 4. The van der Waals surface area contributed by atoms with Crippen LogP contribution in [0.1, 0.15) is 18.9 Å². The Morgan fingerprint density at radius 1 is 1.26 bits per heavy atom. The van der Waals surface area contributed by atoms with Gasteiger partial charge in [-0.25, -0.2) is 8.78 Å². The number of likely N-dealkylation sites (tertiary alicyclic amines) is 1. The standard InChI is InChI=1S/C22H18F2N4O3/c1-12(19(29)26-15-7-13(23)6-14(24)8-15)20(30)28-11-22(9-16(28)10-25)17-4-2-3-5-18(17)27-21(22)31/h2-8,12,16H,9,11H2,1H3,(H,26,29)(H,27,31)/t12?,16-,22-/m0/s1. The van der Waals surface area contributed by atoms with Crippen molar-refractivity contribution in [2.24, 2.45) is 5.92 Å². The van der Waals surface area contributed by atoms with Crippen LogP contribution in [-0.2, 0) is 19.8 Å². The van der Waals surface area contributed by atoms with E-state index in [1.807, 2.05) is 0 Å². The van der Waals surface area contributed by atoms with Crippen molar-refractivity contribution in [1.82, 2.24) is 4.90 Å². The van der Waals surface area contributed by atoms with Gasteiger partial charge in [-0.05, 0) is 30.7 Å². The summed E-state index contributed by atoms with van der Waals surface area (Å²) < 4.78 is 26.7. The van der Waals surface area contributed by atoms with Gasteiger partial charge in [-0.1, -0.05) is 18.2 Å². The van der Waals surface area contributed by atoms with E-state index >= 15 is 0 Å². The molecule has 4 rings (SSSR count). The zero-order valence-electron chi connectivity index (χ0n) is 16.5. The van der Waals surface area contributed by atoms with Gasteiger partial charge in [0.25, 0.3) is 0 Å². The maximum atomic E-state index is 13.4. The molecular formula is C22H18F2N4O3. The van der Waals surface area contributed by atoms with Gasteiger partial charge in [0, 0.05) is 30.4 Å². The molecule has 0 saturated carbocycles. The normalized spacial score (nSPS) is 22.6. The number of amides is 3. The molecule has 0 aromatic heterocycles. The van der Waals surface area contributed by atoms with Crippen molar-refractivity contribution in [2.45, 2.75) is 24.8 Å². The fraction of sp³-hybridized carbons (Fsp3) is 0.273. The quantitative estimate of drug-likeness (QED) is 0.740. The zero-order valence-corrected chi connectivity index (χ0v) is 16.5. The topological polar surface area (TPSA) is 102 Å². The fourth-order valence-electron chi connectivity index (χ4n) is 4.22. The van der Waals surface area contributed by atoms with Crippen LogP contribution in [0.2, 0.25) is 0 Å². The molecule has 158 valence electrons. The van der Waals surface area contributed by atoms with Crippen molar-refractivity contribution < 1.29 is 23.2 Å². The van der Waals surface area contributed by atoms with Crippen molar-refractivity contribution in [1.29, 1.82) is 5.26 Å². The first-order chi connectivity index (χ1) is 14.7. The summed E-state index contributed by atoms with van der Waals surface area (Å²) >= 11 is 0. The highest BCUT2D eigenvalue weighted by Gasteiger charge is 2.56. The summed E-state index contributed by atoms with van der Waals surface area (Å²) in [6.45, 7) is 1.30. The summed E-state index contributed by atoms with van der Waals surface area (Å²) in [5, 5.41) is 14.7. The van der Waals surface area contributed by atoms with Crippen LogP contribution in [0.25, 0.3) is 0 Å². The number of nitriles is 1. The van der Waals surface area contributed by atoms with Crippen molar-refractivity contribution in [3.8, 4) is 6.07 Å². The summed E-state index contributed by atoms with van der Waals surface area (Å²) in [6.07, 6.45) is 0.113. The van der Waals surface area contributed by atoms with Gasteiger partial charge in [-0.3, -0.25) is 14.4 Å². The third-order valence-corrected chi connectivity index (χ3v) is 5.81. The van der Waals surface area contributed by atoms with E-state index in [1.165, 1.54) is 11.8 Å². The van der Waals surface area contributed by atoms with Crippen molar-refractivity contribution in [3.05, 3.63) is 59.7 Å². The average Bonchev–Trinajstić information content (AvgIpc) is 3.25. The second kappa shape index (κ2) is 7.47. The molecule has 0 bridgehead atoms. The molecule has 2 heterocycles. The van der Waals surface area contributed by atoms with Crippen molar-refractivity contribution in [2.75, 3.05) is 17.2 Å². The molecule has 3 amide bonds. The number of fused-ring (bicyclic) bond motifs is 2. The van der Waals surface area contributed by atoms with Crippen LogP contribution in [0.3, 0.4) is 0 Å². The first-order valence-corrected chi connectivity index (χ1v) is 9.63. The molecule has 3 atom stereocenters. The van der Waals surface area contributed by atoms with Crippen LogP contribution >= 0.6 is 0 Å². The number of hydrogen-bond donors (Lipinski definition) is 2. The van der Waals surface area contributed by atoms with Gasteiger partial charge in [-0.15, -0.1) is 0 Å². The van der Waals surface area contributed by atoms with Crippen LogP contribution < -0.4 is 10.6 Å². The highest BCUT2D eigenvalue weighted by atomic mass is 19.1.